The molecule has 0 radical (unpaired) electrons. The highest BCUT2D eigenvalue weighted by Crippen LogP contribution is 2.24. The molecule has 4 nitrogen and oxygen atoms in total. The number of nitrogens with zero attached hydrogens (tertiary/aromatic N) is 2. The fourth-order valence-corrected chi connectivity index (χ4v) is 3.21. The Morgan fingerprint density at radius 1 is 1.21 bits per heavy atom. The van der Waals surface area contributed by atoms with Gasteiger partial charge in [0.25, 0.3) is 5.91 Å². The van der Waals surface area contributed by atoms with Crippen LogP contribution in [0.4, 0.5) is 5.69 Å². The first-order valence-corrected chi connectivity index (χ1v) is 8.77. The number of aromatic nitrogens is 1. The van der Waals surface area contributed by atoms with Gasteiger partial charge in [0.2, 0.25) is 0 Å². The Kier molecular flexibility index (Phi) is 5.59. The molecule has 0 atom stereocenters. The summed E-state index contributed by atoms with van der Waals surface area (Å²) in [5, 5.41) is 3.85. The molecule has 0 spiro atoms. The molecule has 3 rings (SSSR count). The summed E-state index contributed by atoms with van der Waals surface area (Å²) in [4.78, 5) is 18.7. The summed E-state index contributed by atoms with van der Waals surface area (Å²) in [5.74, 6) is 0.382. The number of halogens is 2. The zero-order valence-corrected chi connectivity index (χ0v) is 14.7. The zero-order chi connectivity index (χ0) is 16.9. The Morgan fingerprint density at radius 3 is 2.67 bits per heavy atom. The van der Waals surface area contributed by atoms with Gasteiger partial charge in [0.1, 0.15) is 0 Å². The number of rotatable bonds is 4. The van der Waals surface area contributed by atoms with Crippen molar-refractivity contribution >= 4 is 34.8 Å². The highest BCUT2D eigenvalue weighted by Gasteiger charge is 2.20. The van der Waals surface area contributed by atoms with E-state index in [0.717, 1.165) is 31.6 Å². The van der Waals surface area contributed by atoms with E-state index in [1.54, 1.807) is 24.4 Å². The maximum atomic E-state index is 12.2. The van der Waals surface area contributed by atoms with Crippen LogP contribution in [0.3, 0.4) is 0 Å². The molecule has 1 fully saturated rings. The first-order chi connectivity index (χ1) is 11.6. The van der Waals surface area contributed by atoms with E-state index in [9.17, 15) is 4.79 Å². The first kappa shape index (κ1) is 17.1. The van der Waals surface area contributed by atoms with Gasteiger partial charge in [-0.05, 0) is 49.1 Å². The van der Waals surface area contributed by atoms with Crippen molar-refractivity contribution in [2.24, 2.45) is 5.92 Å². The second-order valence-electron chi connectivity index (χ2n) is 5.98. The monoisotopic (exact) mass is 363 g/mol. The Balaban J connectivity index is 1.48. The zero-order valence-electron chi connectivity index (χ0n) is 13.2. The fraction of sp³-hybridized carbons (Fsp3) is 0.333. The molecule has 1 aliphatic heterocycles. The maximum Gasteiger partial charge on any atom is 0.251 e. The van der Waals surface area contributed by atoms with Crippen LogP contribution in [0.15, 0.2) is 42.7 Å². The summed E-state index contributed by atoms with van der Waals surface area (Å²) in [6, 6.07) is 8.97. The van der Waals surface area contributed by atoms with Crippen LogP contribution in [0.2, 0.25) is 10.0 Å². The van der Waals surface area contributed by atoms with Gasteiger partial charge in [-0.1, -0.05) is 23.2 Å². The van der Waals surface area contributed by atoms with Crippen LogP contribution in [0.5, 0.6) is 0 Å². The van der Waals surface area contributed by atoms with Crippen LogP contribution < -0.4 is 10.2 Å². The number of nitrogens with one attached hydrogen (secondary N) is 1. The Hall–Kier alpha value is -1.78. The molecule has 24 heavy (non-hydrogen) atoms. The summed E-state index contributed by atoms with van der Waals surface area (Å²) in [5.41, 5.74) is 1.70. The van der Waals surface area contributed by atoms with Gasteiger partial charge in [-0.15, -0.1) is 0 Å². The van der Waals surface area contributed by atoms with Crippen LogP contribution in [-0.4, -0.2) is 30.5 Å². The summed E-state index contributed by atoms with van der Waals surface area (Å²) in [6.07, 6.45) is 5.79. The van der Waals surface area contributed by atoms with Gasteiger partial charge < -0.3 is 10.2 Å². The number of carbonyl (C=O) groups excluding carboxylic acids is 1. The average Bonchev–Trinajstić information content (AvgIpc) is 2.63. The van der Waals surface area contributed by atoms with Crippen LogP contribution in [0, 0.1) is 5.92 Å². The Bertz CT molecular complexity index is 701. The van der Waals surface area contributed by atoms with Gasteiger partial charge in [-0.25, -0.2) is 0 Å². The smallest absolute Gasteiger partial charge is 0.251 e. The molecule has 0 unspecified atom stereocenters. The van der Waals surface area contributed by atoms with Gasteiger partial charge in [0, 0.05) is 31.4 Å². The lowest BCUT2D eigenvalue weighted by atomic mass is 9.96. The minimum atomic E-state index is -0.108. The molecular weight excluding hydrogens is 345 g/mol. The highest BCUT2D eigenvalue weighted by atomic mass is 35.5. The van der Waals surface area contributed by atoms with Crippen molar-refractivity contribution in [1.82, 2.24) is 10.3 Å². The molecule has 0 saturated carbocycles. The van der Waals surface area contributed by atoms with Crippen molar-refractivity contribution in [1.29, 1.82) is 0 Å². The van der Waals surface area contributed by atoms with Crippen molar-refractivity contribution in [2.75, 3.05) is 24.5 Å². The summed E-state index contributed by atoms with van der Waals surface area (Å²) in [7, 11) is 0. The third kappa shape index (κ3) is 4.19. The molecule has 0 bridgehead atoms. The molecule has 2 aromatic rings. The predicted molar refractivity (Wildman–Crippen MR) is 98.0 cm³/mol. The normalized spacial score (nSPS) is 15.3. The van der Waals surface area contributed by atoms with Crippen LogP contribution in [0.1, 0.15) is 23.2 Å². The minimum Gasteiger partial charge on any atom is -0.370 e. The number of benzene rings is 1. The van der Waals surface area contributed by atoms with Gasteiger partial charge in [0.15, 0.2) is 0 Å². The topological polar surface area (TPSA) is 45.2 Å². The quantitative estimate of drug-likeness (QED) is 0.891. The molecule has 0 aliphatic carbocycles. The van der Waals surface area contributed by atoms with E-state index in [1.165, 1.54) is 0 Å². The van der Waals surface area contributed by atoms with Gasteiger partial charge in [0.05, 0.1) is 21.9 Å². The molecule has 6 heteroatoms. The molecule has 1 aliphatic rings. The second-order valence-corrected chi connectivity index (χ2v) is 6.79. The lowest BCUT2D eigenvalue weighted by molar-refractivity contribution is 0.0945. The second kappa shape index (κ2) is 7.86. The molecule has 126 valence electrons. The van der Waals surface area contributed by atoms with Crippen LogP contribution in [-0.2, 0) is 0 Å². The molecule has 1 N–H and O–H groups in total. The van der Waals surface area contributed by atoms with Crippen molar-refractivity contribution in [2.45, 2.75) is 12.8 Å². The largest absolute Gasteiger partial charge is 0.370 e. The van der Waals surface area contributed by atoms with Crippen LogP contribution in [0.25, 0.3) is 0 Å². The number of pyridine rings is 1. The molecule has 1 aromatic heterocycles. The fourth-order valence-electron chi connectivity index (χ4n) is 2.91. The van der Waals surface area contributed by atoms with E-state index < -0.39 is 0 Å². The molecular formula is C18H19Cl2N3O. The molecule has 2 heterocycles. The molecule has 1 saturated heterocycles. The number of amides is 1. The first-order valence-electron chi connectivity index (χ1n) is 8.01. The van der Waals surface area contributed by atoms with E-state index in [-0.39, 0.29) is 5.91 Å². The number of carbonyl (C=O) groups is 1. The number of hydrogen-bond donors (Lipinski definition) is 1. The predicted octanol–water partition coefficient (Wildman–Crippen LogP) is 4.03. The van der Waals surface area contributed by atoms with E-state index in [1.807, 2.05) is 12.3 Å². The van der Waals surface area contributed by atoms with Gasteiger partial charge in [-0.3, -0.25) is 9.78 Å². The number of piperidine rings is 1. The van der Waals surface area contributed by atoms with Gasteiger partial charge >= 0.3 is 0 Å². The summed E-state index contributed by atoms with van der Waals surface area (Å²) < 4.78 is 0. The average molecular weight is 364 g/mol. The number of hydrogen-bond acceptors (Lipinski definition) is 3. The molecule has 1 aromatic carbocycles. The molecule has 1 amide bonds. The van der Waals surface area contributed by atoms with E-state index >= 15 is 0 Å². The van der Waals surface area contributed by atoms with Crippen LogP contribution >= 0.6 is 23.2 Å². The number of anilines is 1. The van der Waals surface area contributed by atoms with Gasteiger partial charge in [-0.2, -0.15) is 0 Å². The minimum absolute atomic E-state index is 0.108. The van der Waals surface area contributed by atoms with E-state index in [2.05, 4.69) is 21.3 Å². The third-order valence-corrected chi connectivity index (χ3v) is 5.10. The Morgan fingerprint density at radius 2 is 2.00 bits per heavy atom. The Labute approximate surface area is 151 Å². The van der Waals surface area contributed by atoms with Crippen molar-refractivity contribution in [3.05, 3.63) is 58.3 Å². The van der Waals surface area contributed by atoms with E-state index in [4.69, 9.17) is 23.2 Å². The summed E-state index contributed by atoms with van der Waals surface area (Å²) in [6.45, 7) is 2.65. The van der Waals surface area contributed by atoms with Crippen molar-refractivity contribution < 1.29 is 4.79 Å². The SMILES string of the molecule is O=C(NCC1CCN(c2cccnc2)CC1)c1ccc(Cl)c(Cl)c1. The lowest BCUT2D eigenvalue weighted by Crippen LogP contribution is -2.38. The standard InChI is InChI=1S/C18H19Cl2N3O/c19-16-4-3-14(10-17(16)20)18(24)22-11-13-5-8-23(9-6-13)15-2-1-7-21-12-15/h1-4,7,10,12-13H,5-6,8-9,11H2,(H,22,24). The van der Waals surface area contributed by atoms with Crippen molar-refractivity contribution in [3.63, 3.8) is 0 Å². The van der Waals surface area contributed by atoms with E-state index in [0.29, 0.717) is 28.1 Å². The highest BCUT2D eigenvalue weighted by molar-refractivity contribution is 6.42. The maximum absolute atomic E-state index is 12.2. The third-order valence-electron chi connectivity index (χ3n) is 4.36. The summed E-state index contributed by atoms with van der Waals surface area (Å²) >= 11 is 11.8. The van der Waals surface area contributed by atoms with Crippen molar-refractivity contribution in [3.8, 4) is 0 Å². The lowest BCUT2D eigenvalue weighted by Gasteiger charge is -2.33.